The predicted molar refractivity (Wildman–Crippen MR) is 88.2 cm³/mol. The summed E-state index contributed by atoms with van der Waals surface area (Å²) in [5, 5.41) is 0. The highest BCUT2D eigenvalue weighted by molar-refractivity contribution is 5.97. The van der Waals surface area contributed by atoms with Crippen molar-refractivity contribution in [3.8, 4) is 0 Å². The predicted octanol–water partition coefficient (Wildman–Crippen LogP) is 5.07. The van der Waals surface area contributed by atoms with Crippen molar-refractivity contribution >= 4 is 11.4 Å². The highest BCUT2D eigenvalue weighted by Crippen LogP contribution is 2.55. The molecule has 21 heavy (non-hydrogen) atoms. The Kier molecular flexibility index (Phi) is 3.84. The second kappa shape index (κ2) is 5.63. The standard InChI is InChI=1S/C20H24O/c1-3-4-9-14-20(15(2)21)18-12-7-5-10-16(18)17-11-6-8-13-19(17)20/h5-8,10-12,19H,3-4,9,13-14H2,1-2H3. The lowest BCUT2D eigenvalue weighted by Crippen LogP contribution is -2.39. The van der Waals surface area contributed by atoms with Gasteiger partial charge in [-0.3, -0.25) is 4.79 Å². The third-order valence-corrected chi connectivity index (χ3v) is 5.28. The molecule has 0 radical (unpaired) electrons. The Morgan fingerprint density at radius 2 is 2.10 bits per heavy atom. The van der Waals surface area contributed by atoms with Crippen molar-refractivity contribution in [1.82, 2.24) is 0 Å². The average Bonchev–Trinajstić information content (AvgIpc) is 2.80. The molecule has 1 aromatic rings. The van der Waals surface area contributed by atoms with Crippen LogP contribution in [0.3, 0.4) is 0 Å². The SMILES string of the molecule is CCCCCC1(C(C)=O)c2ccccc2C2=CC=CCC21. The van der Waals surface area contributed by atoms with E-state index in [1.165, 1.54) is 29.5 Å². The molecular formula is C20H24O. The van der Waals surface area contributed by atoms with Crippen LogP contribution >= 0.6 is 0 Å². The zero-order chi connectivity index (χ0) is 14.9. The molecular weight excluding hydrogens is 256 g/mol. The monoisotopic (exact) mass is 280 g/mol. The van der Waals surface area contributed by atoms with Crippen LogP contribution in [-0.2, 0) is 10.2 Å². The summed E-state index contributed by atoms with van der Waals surface area (Å²) < 4.78 is 0. The van der Waals surface area contributed by atoms with Crippen molar-refractivity contribution in [1.29, 1.82) is 0 Å². The molecule has 2 unspecified atom stereocenters. The second-order valence-corrected chi connectivity index (χ2v) is 6.37. The first-order chi connectivity index (χ1) is 10.2. The smallest absolute Gasteiger partial charge is 0.140 e. The Hall–Kier alpha value is -1.63. The highest BCUT2D eigenvalue weighted by Gasteiger charge is 2.51. The van der Waals surface area contributed by atoms with E-state index in [1.54, 1.807) is 6.92 Å². The van der Waals surface area contributed by atoms with E-state index in [0.717, 1.165) is 19.3 Å². The maximum Gasteiger partial charge on any atom is 0.140 e. The molecule has 0 bridgehead atoms. The number of rotatable bonds is 5. The molecule has 0 fully saturated rings. The van der Waals surface area contributed by atoms with E-state index in [2.05, 4.69) is 49.4 Å². The molecule has 110 valence electrons. The molecule has 0 heterocycles. The quantitative estimate of drug-likeness (QED) is 0.688. The summed E-state index contributed by atoms with van der Waals surface area (Å²) in [4.78, 5) is 12.7. The van der Waals surface area contributed by atoms with E-state index in [0.29, 0.717) is 11.7 Å². The van der Waals surface area contributed by atoms with Crippen molar-refractivity contribution in [3.05, 3.63) is 53.6 Å². The average molecular weight is 280 g/mol. The molecule has 1 heteroatoms. The number of fused-ring (bicyclic) bond motifs is 3. The fourth-order valence-electron chi connectivity index (χ4n) is 4.26. The molecule has 2 atom stereocenters. The van der Waals surface area contributed by atoms with Gasteiger partial charge < -0.3 is 0 Å². The molecule has 0 spiro atoms. The highest BCUT2D eigenvalue weighted by atomic mass is 16.1. The number of benzene rings is 1. The van der Waals surface area contributed by atoms with Gasteiger partial charge in [0.2, 0.25) is 0 Å². The van der Waals surface area contributed by atoms with Gasteiger partial charge >= 0.3 is 0 Å². The Bertz CT molecular complexity index is 608. The Morgan fingerprint density at radius 3 is 2.86 bits per heavy atom. The van der Waals surface area contributed by atoms with Crippen molar-refractivity contribution < 1.29 is 4.79 Å². The molecule has 0 aliphatic heterocycles. The van der Waals surface area contributed by atoms with Crippen LogP contribution in [0.2, 0.25) is 0 Å². The third kappa shape index (κ3) is 2.10. The van der Waals surface area contributed by atoms with E-state index >= 15 is 0 Å². The summed E-state index contributed by atoms with van der Waals surface area (Å²) in [6, 6.07) is 8.55. The lowest BCUT2D eigenvalue weighted by molar-refractivity contribution is -0.123. The van der Waals surface area contributed by atoms with Crippen LogP contribution in [0, 0.1) is 5.92 Å². The fourth-order valence-corrected chi connectivity index (χ4v) is 4.26. The van der Waals surface area contributed by atoms with Crippen LogP contribution in [0.5, 0.6) is 0 Å². The summed E-state index contributed by atoms with van der Waals surface area (Å²) in [6.45, 7) is 4.02. The van der Waals surface area contributed by atoms with Gasteiger partial charge in [-0.1, -0.05) is 68.7 Å². The summed E-state index contributed by atoms with van der Waals surface area (Å²) in [7, 11) is 0. The Morgan fingerprint density at radius 1 is 1.29 bits per heavy atom. The van der Waals surface area contributed by atoms with Gasteiger partial charge in [0.15, 0.2) is 0 Å². The number of hydrogen-bond donors (Lipinski definition) is 0. The van der Waals surface area contributed by atoms with Gasteiger partial charge in [0, 0.05) is 5.92 Å². The van der Waals surface area contributed by atoms with Crippen molar-refractivity contribution in [2.24, 2.45) is 5.92 Å². The molecule has 0 saturated heterocycles. The summed E-state index contributed by atoms with van der Waals surface area (Å²) in [6.07, 6.45) is 12.1. The van der Waals surface area contributed by atoms with E-state index in [4.69, 9.17) is 0 Å². The molecule has 3 rings (SSSR count). The van der Waals surface area contributed by atoms with Gasteiger partial charge in [0.1, 0.15) is 5.78 Å². The normalized spacial score (nSPS) is 26.2. The van der Waals surface area contributed by atoms with Crippen LogP contribution in [0.25, 0.3) is 5.57 Å². The van der Waals surface area contributed by atoms with Gasteiger partial charge in [0.05, 0.1) is 5.41 Å². The summed E-state index contributed by atoms with van der Waals surface area (Å²) in [5.41, 5.74) is 3.66. The number of ketones is 1. The van der Waals surface area contributed by atoms with Gasteiger partial charge in [-0.05, 0) is 36.5 Å². The first-order valence-corrected chi connectivity index (χ1v) is 8.19. The molecule has 0 N–H and O–H groups in total. The first-order valence-electron chi connectivity index (χ1n) is 8.19. The molecule has 2 aliphatic rings. The Labute approximate surface area is 127 Å². The Balaban J connectivity index is 2.12. The molecule has 1 nitrogen and oxygen atoms in total. The van der Waals surface area contributed by atoms with Gasteiger partial charge in [-0.25, -0.2) is 0 Å². The van der Waals surface area contributed by atoms with Crippen LogP contribution in [0.15, 0.2) is 42.5 Å². The lowest BCUT2D eigenvalue weighted by Gasteiger charge is -2.35. The first kappa shape index (κ1) is 14.3. The summed E-state index contributed by atoms with van der Waals surface area (Å²) >= 11 is 0. The van der Waals surface area contributed by atoms with E-state index in [1.807, 2.05) is 0 Å². The zero-order valence-corrected chi connectivity index (χ0v) is 13.1. The molecule has 1 aromatic carbocycles. The van der Waals surface area contributed by atoms with Crippen LogP contribution in [-0.4, -0.2) is 5.78 Å². The maximum absolute atomic E-state index is 12.7. The number of carbonyl (C=O) groups is 1. The van der Waals surface area contributed by atoms with Crippen LogP contribution in [0.1, 0.15) is 57.1 Å². The van der Waals surface area contributed by atoms with Gasteiger partial charge in [0.25, 0.3) is 0 Å². The van der Waals surface area contributed by atoms with Gasteiger partial charge in [-0.15, -0.1) is 0 Å². The van der Waals surface area contributed by atoms with E-state index in [9.17, 15) is 4.79 Å². The number of allylic oxidation sites excluding steroid dienone is 4. The third-order valence-electron chi connectivity index (χ3n) is 5.28. The van der Waals surface area contributed by atoms with Gasteiger partial charge in [-0.2, -0.15) is 0 Å². The van der Waals surface area contributed by atoms with Crippen molar-refractivity contribution in [2.75, 3.05) is 0 Å². The number of Topliss-reactive ketones (excluding diaryl/α,β-unsaturated/α-hetero) is 1. The molecule has 2 aliphatic carbocycles. The molecule has 0 aromatic heterocycles. The van der Waals surface area contributed by atoms with E-state index in [-0.39, 0.29) is 5.41 Å². The van der Waals surface area contributed by atoms with Crippen molar-refractivity contribution in [2.45, 2.75) is 51.4 Å². The lowest BCUT2D eigenvalue weighted by atomic mass is 9.66. The maximum atomic E-state index is 12.7. The minimum atomic E-state index is -0.289. The van der Waals surface area contributed by atoms with Crippen molar-refractivity contribution in [3.63, 3.8) is 0 Å². The molecule has 0 saturated carbocycles. The number of carbonyl (C=O) groups excluding carboxylic acids is 1. The largest absolute Gasteiger partial charge is 0.299 e. The topological polar surface area (TPSA) is 17.1 Å². The minimum Gasteiger partial charge on any atom is -0.299 e. The summed E-state index contributed by atoms with van der Waals surface area (Å²) in [5.74, 6) is 0.684. The number of unbranched alkanes of at least 4 members (excludes halogenated alkanes) is 2. The minimum absolute atomic E-state index is 0.289. The fraction of sp³-hybridized carbons (Fsp3) is 0.450. The number of hydrogen-bond acceptors (Lipinski definition) is 1. The van der Waals surface area contributed by atoms with E-state index < -0.39 is 0 Å². The molecule has 0 amide bonds. The van der Waals surface area contributed by atoms with Crippen LogP contribution < -0.4 is 0 Å². The zero-order valence-electron chi connectivity index (χ0n) is 13.1. The van der Waals surface area contributed by atoms with Crippen LogP contribution in [0.4, 0.5) is 0 Å². The second-order valence-electron chi connectivity index (χ2n) is 6.37.